The predicted molar refractivity (Wildman–Crippen MR) is 344 cm³/mol. The number of pyridine rings is 1. The molecule has 0 spiro atoms. The fourth-order valence-electron chi connectivity index (χ4n) is 11.7. The number of carboxylic acids is 2. The number of amides is 4. The van der Waals surface area contributed by atoms with E-state index in [0.29, 0.717) is 12.3 Å². The molecule has 4 atom stereocenters. The summed E-state index contributed by atoms with van der Waals surface area (Å²) in [6, 6.07) is 3.79. The van der Waals surface area contributed by atoms with Gasteiger partial charge in [0.05, 0.1) is 59.0 Å². The van der Waals surface area contributed by atoms with Crippen molar-refractivity contribution in [1.29, 1.82) is 0 Å². The minimum atomic E-state index is -5.34. The smallest absolute Gasteiger partial charge is 0.481 e. The zero-order valence-corrected chi connectivity index (χ0v) is 58.7. The molecule has 8 rings (SSSR count). The van der Waals surface area contributed by atoms with E-state index in [1.165, 1.54) is 55.4 Å². The molecule has 25 nitrogen and oxygen atoms in total. The van der Waals surface area contributed by atoms with Crippen molar-refractivity contribution in [3.05, 3.63) is 122 Å². The minimum absolute atomic E-state index is 0.0750. The van der Waals surface area contributed by atoms with E-state index in [2.05, 4.69) is 32.3 Å². The van der Waals surface area contributed by atoms with Gasteiger partial charge < -0.3 is 31.1 Å². The number of carboxylic acid groups (broad SMARTS) is 2. The van der Waals surface area contributed by atoms with Crippen LogP contribution in [0.1, 0.15) is 142 Å². The normalized spacial score (nSPS) is 16.0. The van der Waals surface area contributed by atoms with Crippen molar-refractivity contribution in [2.24, 2.45) is 11.7 Å². The molecule has 0 saturated heterocycles. The molecule has 102 heavy (non-hydrogen) atoms. The Hall–Kier alpha value is -8.69. The molecule has 6 N–H and O–H groups in total. The van der Waals surface area contributed by atoms with Gasteiger partial charge in [0.2, 0.25) is 33.7 Å². The van der Waals surface area contributed by atoms with Crippen LogP contribution in [0.15, 0.2) is 54.6 Å². The van der Waals surface area contributed by atoms with Gasteiger partial charge in [-0.2, -0.15) is 49.6 Å². The minimum Gasteiger partial charge on any atom is -0.481 e. The Morgan fingerprint density at radius 1 is 0.853 bits per heavy atom. The summed E-state index contributed by atoms with van der Waals surface area (Å²) in [7, 11) is -14.2. The first-order chi connectivity index (χ1) is 46.7. The molecule has 6 aromatic rings. The summed E-state index contributed by atoms with van der Waals surface area (Å²) >= 11 is 6.89. The highest BCUT2D eigenvalue weighted by Gasteiger charge is 2.68. The highest BCUT2D eigenvalue weighted by atomic mass is 35.5. The third kappa shape index (κ3) is 17.7. The van der Waals surface area contributed by atoms with E-state index in [0.717, 1.165) is 54.8 Å². The zero-order chi connectivity index (χ0) is 76.4. The number of aromatic nitrogens is 5. The fraction of sp³-hybridized carbons (Fsp3) is 0.444. The van der Waals surface area contributed by atoms with Crippen LogP contribution in [0.5, 0.6) is 5.75 Å². The first-order valence-electron chi connectivity index (χ1n) is 30.4. The van der Waals surface area contributed by atoms with Crippen molar-refractivity contribution in [1.82, 2.24) is 35.2 Å². The summed E-state index contributed by atoms with van der Waals surface area (Å²) in [5, 5.41) is 29.6. The maximum absolute atomic E-state index is 15.9. The molecule has 0 radical (unpaired) electrons. The first-order valence-corrected chi connectivity index (χ1v) is 36.0. The van der Waals surface area contributed by atoms with Crippen LogP contribution in [0.3, 0.4) is 0 Å². The number of halogens is 11. The lowest BCUT2D eigenvalue weighted by Gasteiger charge is -2.32. The number of aliphatic carboxylic acids is 2. The number of sulfone groups is 1. The van der Waals surface area contributed by atoms with Gasteiger partial charge in [0.25, 0.3) is 5.92 Å². The molecule has 2 aliphatic rings. The van der Waals surface area contributed by atoms with E-state index < -0.39 is 262 Å². The number of carbonyl (C=O) groups excluding carboxylic acids is 4. The number of nitrogens with zero attached hydrogens (tertiary/aromatic N) is 6. The lowest BCUT2D eigenvalue weighted by molar-refractivity contribution is -0.147. The molecule has 3 aromatic carbocycles. The average Bonchev–Trinajstić information content (AvgIpc) is 1.51. The van der Waals surface area contributed by atoms with E-state index >= 15 is 35.5 Å². The van der Waals surface area contributed by atoms with Crippen molar-refractivity contribution in [3.63, 3.8) is 0 Å². The van der Waals surface area contributed by atoms with Crippen LogP contribution in [-0.4, -0.2) is 129 Å². The lowest BCUT2D eigenvalue weighted by atomic mass is 9.77. The van der Waals surface area contributed by atoms with Gasteiger partial charge in [-0.1, -0.05) is 37.4 Å². The molecule has 4 amide bonds. The second-order valence-corrected chi connectivity index (χ2v) is 32.3. The van der Waals surface area contributed by atoms with Crippen LogP contribution in [0, 0.1) is 29.4 Å². The van der Waals surface area contributed by atoms with Crippen molar-refractivity contribution >= 4 is 91.6 Å². The Labute approximate surface area is 580 Å². The number of sulfonamides is 1. The maximum atomic E-state index is 15.9. The molecule has 0 unspecified atom stereocenters. The number of primary amides is 1. The van der Waals surface area contributed by atoms with Gasteiger partial charge in [0.1, 0.15) is 52.7 Å². The number of fused-ring (bicyclic) bond motifs is 4. The number of hydrogen-bond donors (Lipinski definition) is 5. The van der Waals surface area contributed by atoms with Crippen LogP contribution in [0.4, 0.5) is 49.7 Å². The topological polar surface area (TPSA) is 358 Å². The van der Waals surface area contributed by atoms with Crippen LogP contribution < -0.4 is 25.2 Å². The lowest BCUT2D eigenvalue weighted by Crippen LogP contribution is -2.43. The molecule has 3 aromatic heterocycles. The number of hydrogen-bond acceptors (Lipinski definition) is 17. The summed E-state index contributed by atoms with van der Waals surface area (Å²) in [5.41, 5.74) is -4.72. The molecule has 552 valence electrons. The van der Waals surface area contributed by atoms with E-state index in [1.54, 1.807) is 0 Å². The van der Waals surface area contributed by atoms with Crippen LogP contribution in [0.2, 0.25) is 5.02 Å². The molecular weight excluding hydrogens is 1460 g/mol. The first kappa shape index (κ1) is 79.0. The number of nitrogens with two attached hydrogens (primary N) is 1. The summed E-state index contributed by atoms with van der Waals surface area (Å²) in [4.78, 5) is 85.1. The van der Waals surface area contributed by atoms with Gasteiger partial charge in [0.15, 0.2) is 21.3 Å². The monoisotopic (exact) mass is 1520 g/mol. The number of carbonyl (C=O) groups is 6. The summed E-state index contributed by atoms with van der Waals surface area (Å²) in [6.07, 6.45) is -16.0. The van der Waals surface area contributed by atoms with Crippen molar-refractivity contribution < 1.29 is 118 Å². The largest absolute Gasteiger partial charge is 0.530 e. The molecular formula is C63H65ClF10N9O16PS2. The average molecular weight is 1520 g/mol. The van der Waals surface area contributed by atoms with Crippen LogP contribution >= 0.6 is 19.4 Å². The Morgan fingerprint density at radius 3 is 2.00 bits per heavy atom. The number of alkyl halides is 8. The molecule has 2 aliphatic carbocycles. The maximum Gasteiger partial charge on any atom is 0.530 e. The van der Waals surface area contributed by atoms with Gasteiger partial charge in [-0.3, -0.25) is 42.4 Å². The number of nitrogens with one attached hydrogen (secondary N) is 2. The highest BCUT2D eigenvalue weighted by Crippen LogP contribution is 2.68. The summed E-state index contributed by atoms with van der Waals surface area (Å²) in [6.45, 7) is 6.78. The number of benzene rings is 3. The second kappa shape index (κ2) is 28.5. The number of rotatable bonds is 27. The van der Waals surface area contributed by atoms with Gasteiger partial charge in [-0.25, -0.2) is 40.0 Å². The molecule has 1 fully saturated rings. The van der Waals surface area contributed by atoms with Gasteiger partial charge >= 0.3 is 32.1 Å². The van der Waals surface area contributed by atoms with Crippen molar-refractivity contribution in [3.8, 4) is 28.7 Å². The zero-order valence-electron chi connectivity index (χ0n) is 55.4. The quantitative estimate of drug-likeness (QED) is 0.0182. The van der Waals surface area contributed by atoms with Gasteiger partial charge in [0, 0.05) is 57.9 Å². The molecule has 39 heteroatoms. The van der Waals surface area contributed by atoms with E-state index in [4.69, 9.17) is 30.9 Å². The Morgan fingerprint density at radius 2 is 1.46 bits per heavy atom. The third-order valence-corrected chi connectivity index (χ3v) is 21.1. The van der Waals surface area contributed by atoms with Crippen molar-refractivity contribution in [2.75, 3.05) is 16.8 Å². The van der Waals surface area contributed by atoms with Crippen LogP contribution in [-0.2, 0) is 101 Å². The Balaban J connectivity index is 1.36. The molecule has 3 heterocycles. The van der Waals surface area contributed by atoms with Gasteiger partial charge in [-0.15, -0.1) is 0 Å². The van der Waals surface area contributed by atoms with Gasteiger partial charge in [-0.05, 0) is 120 Å². The SMILES string of the molecule is CC(C)OP(=O)(Oc1cc(C(N)=O)cc(CC(=O)N[C@@H](CC(=O)O)C(=O)O)c1C(C)(C)CC(=O)N(c1nn(CC(F)(F)F)c2c(-c3ccc(C#CC(C)(C)S(C)(=O)=O)nc3[C@H](Cc3cc(F)cc(F)c3)NC(=O)Cn3nc(C(F)(F)F)c4c3C(F)(F)[C@@H]3C[C@H]43)ccc(Cl)c12)S(C)(=O)=O)OC(C)C. The van der Waals surface area contributed by atoms with E-state index in [-0.39, 0.29) is 25.7 Å². The number of anilines is 1. The standard InChI is InChI=1S/C63H65ClF10N9O16PS2/c1-29(2)97-100(92,98-30(3)4)99-44-21-33(56(75)89)20-32(22-45(84)78-43(58(90)91)25-48(87)88)51(44)59(5,6)26-47(86)83(102(10,95)96)57-50-41(64)14-13-38(53(50)82(80-57)28-61(67,68)69)37-12-11-36(15-16-60(7,8)101(9,93)94)76-52(37)42(19-31-17-34(65)23-35(66)18-31)77-46(85)27-81-55-49(54(79-81)63(72,73)74)39-24-40(39)62(55,70)71/h11-14,17-18,20-21,23,29-30,39-40,42-43H,19,22,24-28H2,1-10H3,(H2,75,89)(H,77,85)(H,78,84)(H,87,88)(H,90,91)/t39-,40+,42-,43-/m0/s1. The van der Waals surface area contributed by atoms with E-state index in [9.17, 15) is 68.8 Å². The fourth-order valence-corrected chi connectivity index (χ4v) is 14.6. The Bertz CT molecular complexity index is 4750. The van der Waals surface area contributed by atoms with Crippen molar-refractivity contribution in [2.45, 2.75) is 159 Å². The molecule has 0 aliphatic heterocycles. The Kier molecular flexibility index (Phi) is 22.1. The summed E-state index contributed by atoms with van der Waals surface area (Å²) < 4.78 is 236. The molecule has 1 saturated carbocycles. The van der Waals surface area contributed by atoms with E-state index in [1.807, 2.05) is 5.32 Å². The molecule has 0 bridgehead atoms. The summed E-state index contributed by atoms with van der Waals surface area (Å²) in [5.74, 6) is -15.1. The third-order valence-electron chi connectivity index (χ3n) is 16.0. The number of phosphoric acid groups is 1. The second-order valence-electron chi connectivity index (χ2n) is 26.0. The number of phosphoric ester groups is 1. The predicted octanol–water partition coefficient (Wildman–Crippen LogP) is 9.97. The highest BCUT2D eigenvalue weighted by molar-refractivity contribution is 7.93. The van der Waals surface area contributed by atoms with Crippen LogP contribution in [0.25, 0.3) is 22.0 Å².